The first-order chi connectivity index (χ1) is 7.70. The van der Waals surface area contributed by atoms with Crippen molar-refractivity contribution in [1.82, 2.24) is 15.1 Å². The molecule has 0 aromatic rings. The van der Waals surface area contributed by atoms with E-state index in [0.29, 0.717) is 12.1 Å². The molecule has 92 valence electrons. The summed E-state index contributed by atoms with van der Waals surface area (Å²) in [5.41, 5.74) is 0. The number of nitrogens with zero attached hydrogens (tertiary/aromatic N) is 2. The smallest absolute Gasteiger partial charge is 0.168 e. The van der Waals surface area contributed by atoms with Gasteiger partial charge in [-0.3, -0.25) is 4.90 Å². The van der Waals surface area contributed by atoms with Gasteiger partial charge in [0.1, 0.15) is 0 Å². The third-order valence-corrected chi connectivity index (χ3v) is 4.07. The van der Waals surface area contributed by atoms with Gasteiger partial charge in [-0.2, -0.15) is 0 Å². The van der Waals surface area contributed by atoms with Gasteiger partial charge < -0.3 is 10.2 Å². The van der Waals surface area contributed by atoms with Gasteiger partial charge in [-0.05, 0) is 51.0 Å². The molecule has 0 spiro atoms. The van der Waals surface area contributed by atoms with Crippen molar-refractivity contribution in [3.05, 3.63) is 0 Å². The Kier molecular flexibility index (Phi) is 4.03. The van der Waals surface area contributed by atoms with Crippen LogP contribution in [0, 0.1) is 0 Å². The predicted octanol–water partition coefficient (Wildman–Crippen LogP) is 1.44. The van der Waals surface area contributed by atoms with E-state index in [-0.39, 0.29) is 0 Å². The monoisotopic (exact) mass is 241 g/mol. The van der Waals surface area contributed by atoms with Crippen LogP contribution in [0.2, 0.25) is 0 Å². The van der Waals surface area contributed by atoms with Crippen molar-refractivity contribution in [2.24, 2.45) is 0 Å². The van der Waals surface area contributed by atoms with Crippen LogP contribution >= 0.6 is 12.2 Å². The highest BCUT2D eigenvalue weighted by Crippen LogP contribution is 2.20. The molecule has 0 radical (unpaired) electrons. The number of nitrogens with one attached hydrogen (secondary N) is 1. The quantitative estimate of drug-likeness (QED) is 0.750. The Morgan fingerprint density at radius 3 is 2.81 bits per heavy atom. The molecule has 1 saturated carbocycles. The van der Waals surface area contributed by atoms with Crippen molar-refractivity contribution in [3.8, 4) is 0 Å². The van der Waals surface area contributed by atoms with Crippen LogP contribution in [-0.4, -0.2) is 53.7 Å². The molecular formula is C12H23N3S. The molecule has 2 fully saturated rings. The van der Waals surface area contributed by atoms with Gasteiger partial charge in [0.05, 0.1) is 0 Å². The summed E-state index contributed by atoms with van der Waals surface area (Å²) in [5, 5.41) is 4.33. The zero-order valence-electron chi connectivity index (χ0n) is 10.4. The van der Waals surface area contributed by atoms with E-state index >= 15 is 0 Å². The van der Waals surface area contributed by atoms with Crippen LogP contribution < -0.4 is 5.32 Å². The zero-order chi connectivity index (χ0) is 11.5. The maximum atomic E-state index is 5.40. The summed E-state index contributed by atoms with van der Waals surface area (Å²) in [4.78, 5) is 4.78. The summed E-state index contributed by atoms with van der Waals surface area (Å²) in [7, 11) is 2.11. The van der Waals surface area contributed by atoms with Crippen molar-refractivity contribution < 1.29 is 0 Å². The van der Waals surface area contributed by atoms with Gasteiger partial charge >= 0.3 is 0 Å². The highest BCUT2D eigenvalue weighted by molar-refractivity contribution is 7.80. The Morgan fingerprint density at radius 1 is 1.44 bits per heavy atom. The van der Waals surface area contributed by atoms with Crippen LogP contribution in [-0.2, 0) is 0 Å². The Morgan fingerprint density at radius 2 is 2.19 bits per heavy atom. The molecule has 1 unspecified atom stereocenters. The number of hydrogen-bond donors (Lipinski definition) is 1. The number of likely N-dealkylation sites (N-methyl/N-ethyl adjacent to an activating group) is 2. The molecule has 1 atom stereocenters. The summed E-state index contributed by atoms with van der Waals surface area (Å²) in [5.74, 6) is 0. The van der Waals surface area contributed by atoms with Gasteiger partial charge in [0.25, 0.3) is 0 Å². The molecule has 16 heavy (non-hydrogen) atoms. The Hall–Kier alpha value is -0.350. The van der Waals surface area contributed by atoms with Crippen molar-refractivity contribution in [1.29, 1.82) is 0 Å². The van der Waals surface area contributed by atoms with Gasteiger partial charge in [-0.25, -0.2) is 0 Å². The summed E-state index contributed by atoms with van der Waals surface area (Å²) in [6.07, 6.45) is 5.25. The lowest BCUT2D eigenvalue weighted by Crippen LogP contribution is -2.45. The minimum Gasteiger partial charge on any atom is -0.360 e. The minimum atomic E-state index is 0.667. The maximum absolute atomic E-state index is 5.40. The molecular weight excluding hydrogens is 218 g/mol. The van der Waals surface area contributed by atoms with Gasteiger partial charge in [0.2, 0.25) is 0 Å². The number of likely N-dealkylation sites (tertiary alicyclic amines) is 1. The first-order valence-electron chi connectivity index (χ1n) is 6.46. The molecule has 1 saturated heterocycles. The van der Waals surface area contributed by atoms with Gasteiger partial charge in [-0.15, -0.1) is 0 Å². The van der Waals surface area contributed by atoms with E-state index in [9.17, 15) is 0 Å². The first-order valence-corrected chi connectivity index (χ1v) is 6.87. The van der Waals surface area contributed by atoms with Gasteiger partial charge in [-0.1, -0.05) is 6.92 Å². The van der Waals surface area contributed by atoms with Crippen molar-refractivity contribution in [2.45, 2.75) is 44.7 Å². The maximum Gasteiger partial charge on any atom is 0.168 e. The van der Waals surface area contributed by atoms with E-state index in [4.69, 9.17) is 12.2 Å². The zero-order valence-corrected chi connectivity index (χ0v) is 11.2. The number of hydrogen-bond acceptors (Lipinski definition) is 2. The minimum absolute atomic E-state index is 0.667. The second-order valence-electron chi connectivity index (χ2n) is 5.03. The van der Waals surface area contributed by atoms with Gasteiger partial charge in [0, 0.05) is 25.7 Å². The third kappa shape index (κ3) is 3.08. The molecule has 1 heterocycles. The molecule has 1 aliphatic carbocycles. The van der Waals surface area contributed by atoms with Crippen LogP contribution in [0.3, 0.4) is 0 Å². The standard InChI is InChI=1S/C12H23N3S/c1-3-15-8-4-5-11(15)9-14(2)12(16)13-10-6-7-10/h10-11H,3-9H2,1-2H3,(H,13,16). The van der Waals surface area contributed by atoms with Gasteiger partial charge in [0.15, 0.2) is 5.11 Å². The molecule has 3 nitrogen and oxygen atoms in total. The molecule has 1 aliphatic heterocycles. The highest BCUT2D eigenvalue weighted by atomic mass is 32.1. The second kappa shape index (κ2) is 5.32. The molecule has 0 aromatic heterocycles. The van der Waals surface area contributed by atoms with Crippen LogP contribution in [0.15, 0.2) is 0 Å². The van der Waals surface area contributed by atoms with E-state index in [1.807, 2.05) is 0 Å². The van der Waals surface area contributed by atoms with Crippen LogP contribution in [0.5, 0.6) is 0 Å². The van der Waals surface area contributed by atoms with Crippen LogP contribution in [0.25, 0.3) is 0 Å². The van der Waals surface area contributed by atoms with Crippen molar-refractivity contribution in [2.75, 3.05) is 26.7 Å². The fourth-order valence-electron chi connectivity index (χ4n) is 2.43. The molecule has 0 aromatic carbocycles. The van der Waals surface area contributed by atoms with E-state index in [1.54, 1.807) is 0 Å². The topological polar surface area (TPSA) is 18.5 Å². The Bertz CT molecular complexity index is 253. The summed E-state index contributed by atoms with van der Waals surface area (Å²) in [6.45, 7) is 5.75. The lowest BCUT2D eigenvalue weighted by Gasteiger charge is -2.29. The first kappa shape index (κ1) is 12.1. The number of thiocarbonyl (C=S) groups is 1. The molecule has 0 bridgehead atoms. The van der Waals surface area contributed by atoms with Crippen molar-refractivity contribution in [3.63, 3.8) is 0 Å². The SMILES string of the molecule is CCN1CCCC1CN(C)C(=S)NC1CC1. The van der Waals surface area contributed by atoms with Crippen LogP contribution in [0.4, 0.5) is 0 Å². The van der Waals surface area contributed by atoms with E-state index in [0.717, 1.165) is 11.7 Å². The summed E-state index contributed by atoms with van der Waals surface area (Å²) in [6, 6.07) is 1.37. The lowest BCUT2D eigenvalue weighted by atomic mass is 10.2. The number of rotatable bonds is 4. The normalized spacial score (nSPS) is 25.8. The van der Waals surface area contributed by atoms with Crippen molar-refractivity contribution >= 4 is 17.3 Å². The molecule has 1 N–H and O–H groups in total. The second-order valence-corrected chi connectivity index (χ2v) is 5.42. The average molecular weight is 241 g/mol. The predicted molar refractivity (Wildman–Crippen MR) is 71.7 cm³/mol. The molecule has 2 aliphatic rings. The summed E-state index contributed by atoms with van der Waals surface area (Å²) < 4.78 is 0. The Labute approximate surface area is 104 Å². The Balaban J connectivity index is 1.76. The third-order valence-electron chi connectivity index (χ3n) is 3.64. The lowest BCUT2D eigenvalue weighted by molar-refractivity contribution is 0.234. The average Bonchev–Trinajstić information content (AvgIpc) is 2.96. The highest BCUT2D eigenvalue weighted by Gasteiger charge is 2.27. The van der Waals surface area contributed by atoms with Crippen LogP contribution in [0.1, 0.15) is 32.6 Å². The summed E-state index contributed by atoms with van der Waals surface area (Å²) >= 11 is 5.40. The van der Waals surface area contributed by atoms with E-state index in [1.165, 1.54) is 38.8 Å². The molecule has 2 rings (SSSR count). The molecule has 4 heteroatoms. The van der Waals surface area contributed by atoms with E-state index in [2.05, 4.69) is 29.1 Å². The molecule has 0 amide bonds. The fraction of sp³-hybridized carbons (Fsp3) is 0.917. The van der Waals surface area contributed by atoms with E-state index < -0.39 is 0 Å². The largest absolute Gasteiger partial charge is 0.360 e. The fourth-order valence-corrected chi connectivity index (χ4v) is 2.67.